The van der Waals surface area contributed by atoms with E-state index in [-0.39, 0.29) is 18.6 Å². The molecular formula is C18H18BrNO4. The van der Waals surface area contributed by atoms with Crippen molar-refractivity contribution in [1.82, 2.24) is 5.32 Å². The molecule has 3 rings (SSSR count). The van der Waals surface area contributed by atoms with E-state index in [2.05, 4.69) is 21.2 Å². The van der Waals surface area contributed by atoms with Gasteiger partial charge in [-0.15, -0.1) is 0 Å². The molecule has 1 N–H and O–H groups in total. The van der Waals surface area contributed by atoms with Crippen LogP contribution in [0, 0.1) is 0 Å². The molecule has 0 saturated carbocycles. The average Bonchev–Trinajstić information content (AvgIpc) is 2.60. The van der Waals surface area contributed by atoms with E-state index in [4.69, 9.17) is 14.2 Å². The minimum absolute atomic E-state index is 0.0441. The molecule has 1 unspecified atom stereocenters. The zero-order valence-electron chi connectivity index (χ0n) is 13.3. The number of para-hydroxylation sites is 1. The van der Waals surface area contributed by atoms with Crippen LogP contribution >= 0.6 is 15.9 Å². The molecule has 6 heteroatoms. The zero-order valence-corrected chi connectivity index (χ0v) is 14.8. The quantitative estimate of drug-likeness (QED) is 0.847. The molecule has 2 aromatic rings. The van der Waals surface area contributed by atoms with Crippen molar-refractivity contribution >= 4 is 21.8 Å². The van der Waals surface area contributed by atoms with Gasteiger partial charge >= 0.3 is 0 Å². The third-order valence-electron chi connectivity index (χ3n) is 3.64. The lowest BCUT2D eigenvalue weighted by molar-refractivity contribution is -0.123. The van der Waals surface area contributed by atoms with E-state index < -0.39 is 0 Å². The van der Waals surface area contributed by atoms with Gasteiger partial charge in [0.15, 0.2) is 18.1 Å². The summed E-state index contributed by atoms with van der Waals surface area (Å²) in [4.78, 5) is 12.1. The highest BCUT2D eigenvalue weighted by Gasteiger charge is 2.16. The SMILES string of the molecule is CC(NC(=O)COc1ccccc1Br)c1ccc2c(c1)OCCO2. The summed E-state index contributed by atoms with van der Waals surface area (Å²) < 4.78 is 17.4. The number of halogens is 1. The number of hydrogen-bond acceptors (Lipinski definition) is 4. The van der Waals surface area contributed by atoms with Crippen molar-refractivity contribution in [3.63, 3.8) is 0 Å². The molecule has 1 amide bonds. The van der Waals surface area contributed by atoms with Crippen LogP contribution in [-0.4, -0.2) is 25.7 Å². The lowest BCUT2D eigenvalue weighted by Gasteiger charge is -2.21. The van der Waals surface area contributed by atoms with Gasteiger partial charge < -0.3 is 19.5 Å². The maximum atomic E-state index is 12.1. The van der Waals surface area contributed by atoms with Gasteiger partial charge in [-0.05, 0) is 52.7 Å². The maximum absolute atomic E-state index is 12.1. The number of fused-ring (bicyclic) bond motifs is 1. The average molecular weight is 392 g/mol. The summed E-state index contributed by atoms with van der Waals surface area (Å²) in [6.45, 7) is 2.97. The molecule has 0 fully saturated rings. The molecule has 1 atom stereocenters. The maximum Gasteiger partial charge on any atom is 0.258 e. The molecule has 126 valence electrons. The van der Waals surface area contributed by atoms with E-state index in [0.29, 0.717) is 24.7 Å². The molecule has 0 radical (unpaired) electrons. The van der Waals surface area contributed by atoms with Gasteiger partial charge in [0, 0.05) is 0 Å². The van der Waals surface area contributed by atoms with E-state index in [1.807, 2.05) is 49.4 Å². The minimum atomic E-state index is -0.187. The number of ether oxygens (including phenoxy) is 3. The van der Waals surface area contributed by atoms with Crippen molar-refractivity contribution < 1.29 is 19.0 Å². The van der Waals surface area contributed by atoms with E-state index in [1.54, 1.807) is 0 Å². The number of hydrogen-bond donors (Lipinski definition) is 1. The van der Waals surface area contributed by atoms with Gasteiger partial charge in [-0.25, -0.2) is 0 Å². The Bertz CT molecular complexity index is 735. The normalized spacial score (nSPS) is 13.9. The van der Waals surface area contributed by atoms with E-state index >= 15 is 0 Å². The number of rotatable bonds is 5. The predicted octanol–water partition coefficient (Wildman–Crippen LogP) is 3.48. The van der Waals surface area contributed by atoms with Crippen LogP contribution in [0.4, 0.5) is 0 Å². The molecule has 0 aliphatic carbocycles. The van der Waals surface area contributed by atoms with Gasteiger partial charge in [0.25, 0.3) is 5.91 Å². The van der Waals surface area contributed by atoms with Gasteiger partial charge in [0.2, 0.25) is 0 Å². The van der Waals surface area contributed by atoms with Crippen molar-refractivity contribution in [2.75, 3.05) is 19.8 Å². The second kappa shape index (κ2) is 7.57. The molecule has 24 heavy (non-hydrogen) atoms. The standard InChI is InChI=1S/C18H18BrNO4/c1-12(13-6-7-16-17(10-13)23-9-8-22-16)20-18(21)11-24-15-5-3-2-4-14(15)19/h2-7,10,12H,8-9,11H2,1H3,(H,20,21). The Morgan fingerprint density at radius 2 is 1.96 bits per heavy atom. The van der Waals surface area contributed by atoms with E-state index in [9.17, 15) is 4.79 Å². The smallest absolute Gasteiger partial charge is 0.258 e. The Hall–Kier alpha value is -2.21. The number of carbonyl (C=O) groups is 1. The zero-order chi connectivity index (χ0) is 16.9. The highest BCUT2D eigenvalue weighted by Crippen LogP contribution is 2.32. The number of nitrogens with one attached hydrogen (secondary N) is 1. The van der Waals surface area contributed by atoms with Crippen LogP contribution in [0.25, 0.3) is 0 Å². The monoisotopic (exact) mass is 391 g/mol. The molecule has 0 bridgehead atoms. The number of carbonyl (C=O) groups excluding carboxylic acids is 1. The Morgan fingerprint density at radius 1 is 1.21 bits per heavy atom. The molecule has 0 aromatic heterocycles. The van der Waals surface area contributed by atoms with Crippen LogP contribution in [0.3, 0.4) is 0 Å². The van der Waals surface area contributed by atoms with Crippen LogP contribution in [0.5, 0.6) is 17.2 Å². The first kappa shape index (κ1) is 16.6. The Balaban J connectivity index is 1.57. The largest absolute Gasteiger partial charge is 0.486 e. The van der Waals surface area contributed by atoms with E-state index in [1.165, 1.54) is 0 Å². The molecule has 0 saturated heterocycles. The Labute approximate surface area is 149 Å². The number of benzene rings is 2. The molecule has 1 aliphatic rings. The van der Waals surface area contributed by atoms with Crippen molar-refractivity contribution in [2.45, 2.75) is 13.0 Å². The second-order valence-corrected chi connectivity index (χ2v) is 6.27. The fourth-order valence-corrected chi connectivity index (χ4v) is 2.80. The number of amides is 1. The molecule has 1 heterocycles. The molecule has 2 aromatic carbocycles. The summed E-state index contributed by atoms with van der Waals surface area (Å²) in [5.74, 6) is 1.90. The molecule has 0 spiro atoms. The van der Waals surface area contributed by atoms with Crippen LogP contribution in [0.2, 0.25) is 0 Å². The third kappa shape index (κ3) is 4.00. The first-order valence-corrected chi connectivity index (χ1v) is 8.49. The summed E-state index contributed by atoms with van der Waals surface area (Å²) in [5.41, 5.74) is 0.952. The summed E-state index contributed by atoms with van der Waals surface area (Å²) in [7, 11) is 0. The van der Waals surface area contributed by atoms with Crippen molar-refractivity contribution in [1.29, 1.82) is 0 Å². The second-order valence-electron chi connectivity index (χ2n) is 5.41. The summed E-state index contributed by atoms with van der Waals surface area (Å²) >= 11 is 3.39. The Morgan fingerprint density at radius 3 is 2.75 bits per heavy atom. The van der Waals surface area contributed by atoms with Crippen LogP contribution in [0.15, 0.2) is 46.9 Å². The fraction of sp³-hybridized carbons (Fsp3) is 0.278. The third-order valence-corrected chi connectivity index (χ3v) is 4.29. The predicted molar refractivity (Wildman–Crippen MR) is 93.6 cm³/mol. The first-order chi connectivity index (χ1) is 11.6. The van der Waals surface area contributed by atoms with Crippen LogP contribution in [-0.2, 0) is 4.79 Å². The van der Waals surface area contributed by atoms with Gasteiger partial charge in [-0.2, -0.15) is 0 Å². The van der Waals surface area contributed by atoms with Gasteiger partial charge in [0.1, 0.15) is 19.0 Å². The summed E-state index contributed by atoms with van der Waals surface area (Å²) in [6, 6.07) is 12.9. The van der Waals surface area contributed by atoms with Crippen molar-refractivity contribution in [3.8, 4) is 17.2 Å². The van der Waals surface area contributed by atoms with Crippen LogP contribution in [0.1, 0.15) is 18.5 Å². The Kier molecular flexibility index (Phi) is 5.25. The van der Waals surface area contributed by atoms with Gasteiger partial charge in [-0.1, -0.05) is 18.2 Å². The topological polar surface area (TPSA) is 56.8 Å². The van der Waals surface area contributed by atoms with E-state index in [0.717, 1.165) is 15.8 Å². The fourth-order valence-electron chi connectivity index (χ4n) is 2.40. The molecule has 5 nitrogen and oxygen atoms in total. The highest BCUT2D eigenvalue weighted by atomic mass is 79.9. The first-order valence-electron chi connectivity index (χ1n) is 7.70. The molecule has 1 aliphatic heterocycles. The van der Waals surface area contributed by atoms with Crippen molar-refractivity contribution in [3.05, 3.63) is 52.5 Å². The lowest BCUT2D eigenvalue weighted by Crippen LogP contribution is -2.31. The minimum Gasteiger partial charge on any atom is -0.486 e. The van der Waals surface area contributed by atoms with Crippen LogP contribution < -0.4 is 19.5 Å². The van der Waals surface area contributed by atoms with Crippen molar-refractivity contribution in [2.24, 2.45) is 0 Å². The van der Waals surface area contributed by atoms with Gasteiger partial charge in [-0.3, -0.25) is 4.79 Å². The lowest BCUT2D eigenvalue weighted by atomic mass is 10.1. The summed E-state index contributed by atoms with van der Waals surface area (Å²) in [5, 5.41) is 2.92. The molecular weight excluding hydrogens is 374 g/mol. The summed E-state index contributed by atoms with van der Waals surface area (Å²) in [6.07, 6.45) is 0. The van der Waals surface area contributed by atoms with Gasteiger partial charge in [0.05, 0.1) is 10.5 Å². The highest BCUT2D eigenvalue weighted by molar-refractivity contribution is 9.10.